The van der Waals surface area contributed by atoms with E-state index in [4.69, 9.17) is 9.47 Å². The van der Waals surface area contributed by atoms with Crippen LogP contribution in [-0.4, -0.2) is 60.2 Å². The van der Waals surface area contributed by atoms with Gasteiger partial charge in [0, 0.05) is 43.8 Å². The van der Waals surface area contributed by atoms with Gasteiger partial charge in [0.25, 0.3) is 23.6 Å². The molecule has 0 radical (unpaired) electrons. The number of esters is 4. The van der Waals surface area contributed by atoms with Crippen molar-refractivity contribution in [3.8, 4) is 11.5 Å². The number of benzene rings is 12. The van der Waals surface area contributed by atoms with Gasteiger partial charge in [0.2, 0.25) is 0 Å². The molecule has 0 aliphatic carbocycles. The molecule has 4 amide bonds. The van der Waals surface area contributed by atoms with Gasteiger partial charge in [0.15, 0.2) is 0 Å². The largest absolute Gasteiger partial charge is 0.573 e. The molecule has 0 saturated carbocycles. The lowest BCUT2D eigenvalue weighted by atomic mass is 9.82. The first-order chi connectivity index (χ1) is 39.2. The molecular formula is C64H32F6N2O12. The molecule has 14 nitrogen and oxygen atoms in total. The Kier molecular flexibility index (Phi) is 11.1. The monoisotopic (exact) mass is 1130 g/mol. The van der Waals surface area contributed by atoms with Gasteiger partial charge < -0.3 is 18.9 Å². The number of hydrogen-bond acceptors (Lipinski definition) is 12. The lowest BCUT2D eigenvalue weighted by Crippen LogP contribution is -2.40. The number of rotatable bonds is 4. The Morgan fingerprint density at radius 2 is 0.476 bits per heavy atom. The van der Waals surface area contributed by atoms with Gasteiger partial charge in [0.05, 0.1) is 33.6 Å². The maximum absolute atomic E-state index is 13.9. The second-order valence-corrected chi connectivity index (χ2v) is 19.6. The maximum atomic E-state index is 13.9. The third-order valence-corrected chi connectivity index (χ3v) is 15.4. The first-order valence-corrected chi connectivity index (χ1v) is 24.7. The van der Waals surface area contributed by atoms with E-state index >= 15 is 0 Å². The summed E-state index contributed by atoms with van der Waals surface area (Å²) in [7, 11) is 0. The summed E-state index contributed by atoms with van der Waals surface area (Å²) in [6.07, 6.45) is -9.84. The quantitative estimate of drug-likeness (QED) is 0.0407. The van der Waals surface area contributed by atoms with Gasteiger partial charge in [-0.1, -0.05) is 63.4 Å². The Morgan fingerprint density at radius 3 is 0.690 bits per heavy atom. The van der Waals surface area contributed by atoms with Crippen LogP contribution in [0.2, 0.25) is 0 Å². The molecule has 16 rings (SSSR count). The molecule has 84 heavy (non-hydrogen) atoms. The predicted octanol–water partition coefficient (Wildman–Crippen LogP) is 14.8. The van der Waals surface area contributed by atoms with Crippen LogP contribution < -0.4 is 19.3 Å². The summed E-state index contributed by atoms with van der Waals surface area (Å²) >= 11 is 0. The maximum Gasteiger partial charge on any atom is 0.573 e. The zero-order valence-electron chi connectivity index (χ0n) is 40.9. The Hall–Kier alpha value is -11.0. The highest BCUT2D eigenvalue weighted by Crippen LogP contribution is 2.49. The van der Waals surface area contributed by atoms with E-state index in [1.165, 1.54) is 24.3 Å². The average Bonchev–Trinajstić information content (AvgIpc) is 0.814. The Labute approximate surface area is 466 Å². The van der Waals surface area contributed by atoms with E-state index in [1.807, 2.05) is 24.3 Å². The average molecular weight is 1130 g/mol. The van der Waals surface area contributed by atoms with Crippen LogP contribution in [0.25, 0.3) is 86.2 Å². The van der Waals surface area contributed by atoms with Crippen molar-refractivity contribution in [3.05, 3.63) is 190 Å². The minimum Gasteiger partial charge on any atom is -0.406 e. The Bertz CT molecular complexity index is 4520. The van der Waals surface area contributed by atoms with E-state index in [-0.39, 0.29) is 48.5 Å². The summed E-state index contributed by atoms with van der Waals surface area (Å²) in [6, 6.07) is 35.7. The summed E-state index contributed by atoms with van der Waals surface area (Å²) in [4.78, 5) is 107. The van der Waals surface area contributed by atoms with Crippen molar-refractivity contribution in [1.29, 1.82) is 0 Å². The molecule has 0 unspecified atom stereocenters. The van der Waals surface area contributed by atoms with Crippen molar-refractivity contribution in [3.63, 3.8) is 0 Å². The van der Waals surface area contributed by atoms with Crippen LogP contribution in [-0.2, 0) is 9.47 Å². The van der Waals surface area contributed by atoms with E-state index in [0.29, 0.717) is 76.1 Å². The van der Waals surface area contributed by atoms with Gasteiger partial charge in [-0.05, 0) is 162 Å². The highest BCUT2D eigenvalue weighted by molar-refractivity contribution is 6.46. The van der Waals surface area contributed by atoms with E-state index in [9.17, 15) is 64.7 Å². The molecule has 412 valence electrons. The van der Waals surface area contributed by atoms with Crippen molar-refractivity contribution >= 4 is 145 Å². The van der Waals surface area contributed by atoms with Crippen molar-refractivity contribution in [2.24, 2.45) is 0 Å². The van der Waals surface area contributed by atoms with Crippen molar-refractivity contribution in [1.82, 2.24) is 0 Å². The zero-order valence-corrected chi connectivity index (χ0v) is 40.9. The van der Waals surface area contributed by atoms with Crippen LogP contribution in [0.4, 0.5) is 37.7 Å². The van der Waals surface area contributed by atoms with Crippen LogP contribution in [0.1, 0.15) is 97.7 Å². The standard InChI is InChI=1S/C38H16F6N2O6.C24H8O6.2CH4/c39-37(40,41)51-19-5-1-17(2-6-19)45-33(47)25-13-9-21-23-11-15-27-32-28(16-12-24(30(23)32)22-10-14-26(34(45)48)31(25)29(21)22)36(50)46(35(27)49)18-3-7-20(8-4-18)52-38(42,43)44;25-21-13-5-1-9-10-2-6-15-20-16(24(28)30-23(15)27)8-4-12(18(10)20)11-3-7-14(22(26)29-21)19(13)17(9)11;;/h1-16H;1-8H;2*1H4. The van der Waals surface area contributed by atoms with E-state index in [1.54, 1.807) is 72.8 Å². The van der Waals surface area contributed by atoms with Gasteiger partial charge in [-0.2, -0.15) is 0 Å². The molecule has 4 aliphatic rings. The number of nitrogens with zero attached hydrogens (tertiary/aromatic N) is 2. The first-order valence-electron chi connectivity index (χ1n) is 24.7. The SMILES string of the molecule is C.C.O=C1OC(=O)c2ccc3c4ccc5c6c(ccc(c7ccc1c2c73)c64)C(=O)OC5=O.O=C1c2ccc3c4ccc5c6c(ccc(c7ccc(c2c37)C(=O)N1c1ccc(OC(F)(F)F)cc1)c64)C(=O)N(c1ccc(OC(F)(F)F)cc1)C5=O. The Morgan fingerprint density at radius 1 is 0.274 bits per heavy atom. The minimum atomic E-state index is -4.92. The number of fused-ring (bicyclic) bond motifs is 4. The van der Waals surface area contributed by atoms with Crippen molar-refractivity contribution in [2.75, 3.05) is 9.80 Å². The zero-order chi connectivity index (χ0) is 56.7. The number of imide groups is 2. The molecule has 0 fully saturated rings. The third-order valence-electron chi connectivity index (χ3n) is 15.4. The van der Waals surface area contributed by atoms with E-state index < -0.39 is 71.7 Å². The number of cyclic esters (lactones) is 4. The van der Waals surface area contributed by atoms with Gasteiger partial charge in [0.1, 0.15) is 11.5 Å². The molecule has 4 heterocycles. The smallest absolute Gasteiger partial charge is 0.406 e. The topological polar surface area (TPSA) is 180 Å². The normalized spacial score (nSPS) is 14.7. The fourth-order valence-electron chi connectivity index (χ4n) is 12.3. The number of amides is 4. The molecule has 12 aromatic carbocycles. The molecule has 0 spiro atoms. The number of halogens is 6. The first kappa shape index (κ1) is 52.4. The van der Waals surface area contributed by atoms with E-state index in [0.717, 1.165) is 66.4 Å². The summed E-state index contributed by atoms with van der Waals surface area (Å²) in [5.41, 5.74) is 2.22. The summed E-state index contributed by atoms with van der Waals surface area (Å²) in [6.45, 7) is 0. The van der Waals surface area contributed by atoms with Gasteiger partial charge >= 0.3 is 36.6 Å². The Balaban J connectivity index is 0.000000174. The molecule has 0 saturated heterocycles. The van der Waals surface area contributed by atoms with Crippen LogP contribution in [0.5, 0.6) is 11.5 Å². The van der Waals surface area contributed by atoms with Crippen molar-refractivity contribution < 1.29 is 83.6 Å². The van der Waals surface area contributed by atoms with Crippen LogP contribution in [0, 0.1) is 0 Å². The molecule has 0 aromatic heterocycles. The molecule has 0 bridgehead atoms. The molecule has 4 aliphatic heterocycles. The predicted molar refractivity (Wildman–Crippen MR) is 297 cm³/mol. The lowest BCUT2D eigenvalue weighted by Gasteiger charge is -2.30. The second-order valence-electron chi connectivity index (χ2n) is 19.6. The summed E-state index contributed by atoms with van der Waals surface area (Å²) in [5, 5.41) is 10.5. The molecule has 0 N–H and O–H groups in total. The van der Waals surface area contributed by atoms with Crippen LogP contribution >= 0.6 is 0 Å². The van der Waals surface area contributed by atoms with Gasteiger partial charge in [-0.15, -0.1) is 26.3 Å². The van der Waals surface area contributed by atoms with Gasteiger partial charge in [-0.25, -0.2) is 29.0 Å². The van der Waals surface area contributed by atoms with Gasteiger partial charge in [-0.3, -0.25) is 19.2 Å². The highest BCUT2D eigenvalue weighted by Gasteiger charge is 2.40. The van der Waals surface area contributed by atoms with E-state index in [2.05, 4.69) is 9.47 Å². The highest BCUT2D eigenvalue weighted by atomic mass is 19.4. The number of hydrogen-bond donors (Lipinski definition) is 0. The number of ether oxygens (including phenoxy) is 4. The number of alkyl halides is 6. The molecule has 20 heteroatoms. The third kappa shape index (κ3) is 7.25. The number of carbonyl (C=O) groups is 8. The lowest BCUT2D eigenvalue weighted by molar-refractivity contribution is -0.275. The summed E-state index contributed by atoms with van der Waals surface area (Å²) < 4.78 is 93.8. The molecule has 12 aromatic rings. The second kappa shape index (κ2) is 17.7. The number of carbonyl (C=O) groups excluding carboxylic acids is 8. The molecule has 0 atom stereocenters. The fourth-order valence-corrected chi connectivity index (χ4v) is 12.3. The molecular weight excluding hydrogens is 1100 g/mol. The van der Waals surface area contributed by atoms with Crippen molar-refractivity contribution in [2.45, 2.75) is 27.6 Å². The van der Waals surface area contributed by atoms with Crippen LogP contribution in [0.3, 0.4) is 0 Å². The van der Waals surface area contributed by atoms with Crippen LogP contribution in [0.15, 0.2) is 146 Å². The number of anilines is 2. The summed E-state index contributed by atoms with van der Waals surface area (Å²) in [5.74, 6) is -6.44. The minimum absolute atomic E-state index is 0. The fraction of sp³-hybridized carbons (Fsp3) is 0.0625.